The van der Waals surface area contributed by atoms with Crippen LogP contribution in [0.25, 0.3) is 0 Å². The Morgan fingerprint density at radius 2 is 2.05 bits per heavy atom. The van der Waals surface area contributed by atoms with Crippen LogP contribution in [0.4, 0.5) is 0 Å². The van der Waals surface area contributed by atoms with Crippen molar-refractivity contribution in [2.24, 2.45) is 5.73 Å². The van der Waals surface area contributed by atoms with E-state index in [2.05, 4.69) is 9.97 Å². The predicted molar refractivity (Wildman–Crippen MR) is 75.0 cm³/mol. The molecule has 20 heavy (non-hydrogen) atoms. The van der Waals surface area contributed by atoms with Crippen molar-refractivity contribution in [3.8, 4) is 0 Å². The van der Waals surface area contributed by atoms with E-state index in [4.69, 9.17) is 5.73 Å². The molecule has 2 N–H and O–H groups in total. The molecule has 0 aliphatic heterocycles. The molecule has 2 aromatic rings. The van der Waals surface area contributed by atoms with Crippen LogP contribution in [0.15, 0.2) is 47.8 Å². The van der Waals surface area contributed by atoms with Gasteiger partial charge in [0.25, 0.3) is 0 Å². The minimum atomic E-state index is -3.56. The van der Waals surface area contributed by atoms with Crippen LogP contribution in [0.3, 0.4) is 0 Å². The summed E-state index contributed by atoms with van der Waals surface area (Å²) in [6.45, 7) is 0.542. The van der Waals surface area contributed by atoms with Crippen LogP contribution >= 0.6 is 0 Å². The van der Waals surface area contributed by atoms with Gasteiger partial charge in [-0.1, -0.05) is 6.07 Å². The summed E-state index contributed by atoms with van der Waals surface area (Å²) in [6, 6.07) is 6.73. The van der Waals surface area contributed by atoms with E-state index in [-0.39, 0.29) is 18.0 Å². The van der Waals surface area contributed by atoms with E-state index in [1.807, 2.05) is 6.07 Å². The Morgan fingerprint density at radius 1 is 1.25 bits per heavy atom. The molecule has 2 rings (SSSR count). The van der Waals surface area contributed by atoms with Crippen molar-refractivity contribution < 1.29 is 8.42 Å². The van der Waals surface area contributed by atoms with Crippen LogP contribution in [-0.2, 0) is 23.1 Å². The molecule has 0 saturated carbocycles. The first-order valence-corrected chi connectivity index (χ1v) is 7.48. The monoisotopic (exact) mass is 292 g/mol. The fourth-order valence-corrected chi connectivity index (χ4v) is 2.80. The summed E-state index contributed by atoms with van der Waals surface area (Å²) in [4.78, 5) is 8.13. The van der Waals surface area contributed by atoms with Gasteiger partial charge in [0.1, 0.15) is 4.90 Å². The highest BCUT2D eigenvalue weighted by Crippen LogP contribution is 2.15. The smallest absolute Gasteiger partial charge is 0.244 e. The molecule has 0 atom stereocenters. The van der Waals surface area contributed by atoms with Gasteiger partial charge < -0.3 is 5.73 Å². The molecule has 0 aliphatic carbocycles. The summed E-state index contributed by atoms with van der Waals surface area (Å²) in [5.74, 6) is 0. The number of nitrogens with zero attached hydrogens (tertiary/aromatic N) is 3. The Labute approximate surface area is 118 Å². The van der Waals surface area contributed by atoms with E-state index in [1.54, 1.807) is 24.5 Å². The third-order valence-corrected chi connectivity index (χ3v) is 4.63. The normalized spacial score (nSPS) is 11.8. The van der Waals surface area contributed by atoms with E-state index in [1.165, 1.54) is 23.6 Å². The number of hydrogen-bond donors (Lipinski definition) is 1. The molecule has 0 spiro atoms. The van der Waals surface area contributed by atoms with Crippen LogP contribution in [0.5, 0.6) is 0 Å². The molecule has 0 unspecified atom stereocenters. The second-order valence-corrected chi connectivity index (χ2v) is 6.36. The molecule has 6 nitrogen and oxygen atoms in total. The van der Waals surface area contributed by atoms with Crippen LogP contribution in [0.2, 0.25) is 0 Å². The first kappa shape index (κ1) is 14.6. The van der Waals surface area contributed by atoms with Gasteiger partial charge in [0.2, 0.25) is 10.0 Å². The van der Waals surface area contributed by atoms with Gasteiger partial charge in [-0.25, -0.2) is 8.42 Å². The minimum absolute atomic E-state index is 0.154. The number of pyridine rings is 2. The summed E-state index contributed by atoms with van der Waals surface area (Å²) < 4.78 is 26.0. The van der Waals surface area contributed by atoms with Gasteiger partial charge in [-0.15, -0.1) is 0 Å². The molecular weight excluding hydrogens is 276 g/mol. The van der Waals surface area contributed by atoms with Gasteiger partial charge in [-0.2, -0.15) is 4.31 Å². The summed E-state index contributed by atoms with van der Waals surface area (Å²) in [7, 11) is -2.03. The zero-order chi connectivity index (χ0) is 14.6. The Bertz CT molecular complexity index is 657. The fraction of sp³-hybridized carbons (Fsp3) is 0.231. The molecule has 7 heteroatoms. The van der Waals surface area contributed by atoms with E-state index in [0.717, 1.165) is 5.56 Å². The van der Waals surface area contributed by atoms with Crippen molar-refractivity contribution in [3.05, 3.63) is 54.1 Å². The largest absolute Gasteiger partial charge is 0.325 e. The van der Waals surface area contributed by atoms with Crippen LogP contribution in [-0.4, -0.2) is 29.7 Å². The molecule has 0 bridgehead atoms. The van der Waals surface area contributed by atoms with Gasteiger partial charge in [0.15, 0.2) is 0 Å². The Balaban J connectivity index is 2.20. The number of rotatable bonds is 5. The first-order chi connectivity index (χ1) is 9.54. The third kappa shape index (κ3) is 3.19. The standard InChI is InChI=1S/C13H16N4O2S/c1-17(10-11-3-2-6-15-8-11)20(18,19)13-5-4-12(7-14)16-9-13/h2-6,8-9H,7,10,14H2,1H3. The van der Waals surface area contributed by atoms with E-state index < -0.39 is 10.0 Å². The molecule has 2 heterocycles. The van der Waals surface area contributed by atoms with E-state index >= 15 is 0 Å². The second-order valence-electron chi connectivity index (χ2n) is 4.31. The maximum absolute atomic E-state index is 12.4. The second kappa shape index (κ2) is 6.08. The predicted octanol–water partition coefficient (Wildman–Crippen LogP) is 0.756. The van der Waals surface area contributed by atoms with Crippen molar-refractivity contribution in [2.75, 3.05) is 7.05 Å². The van der Waals surface area contributed by atoms with Crippen molar-refractivity contribution >= 4 is 10.0 Å². The number of sulfonamides is 1. The molecule has 106 valence electrons. The molecule has 0 aliphatic rings. The van der Waals surface area contributed by atoms with Gasteiger partial charge >= 0.3 is 0 Å². The summed E-state index contributed by atoms with van der Waals surface area (Å²) >= 11 is 0. The quantitative estimate of drug-likeness (QED) is 0.878. The van der Waals surface area contributed by atoms with Gasteiger partial charge in [-0.05, 0) is 23.8 Å². The molecule has 0 radical (unpaired) electrons. The molecule has 0 aromatic carbocycles. The molecule has 0 saturated heterocycles. The first-order valence-electron chi connectivity index (χ1n) is 6.04. The highest BCUT2D eigenvalue weighted by atomic mass is 32.2. The topological polar surface area (TPSA) is 89.2 Å². The summed E-state index contributed by atoms with van der Waals surface area (Å²) in [5.41, 5.74) is 6.92. The fourth-order valence-electron chi connectivity index (χ4n) is 1.70. The summed E-state index contributed by atoms with van der Waals surface area (Å²) in [6.07, 6.45) is 4.62. The van der Waals surface area contributed by atoms with Crippen LogP contribution in [0.1, 0.15) is 11.3 Å². The average molecular weight is 292 g/mol. The third-order valence-electron chi connectivity index (χ3n) is 2.84. The SMILES string of the molecule is CN(Cc1cccnc1)S(=O)(=O)c1ccc(CN)nc1. The lowest BCUT2D eigenvalue weighted by atomic mass is 10.3. The summed E-state index contributed by atoms with van der Waals surface area (Å²) in [5, 5.41) is 0. The Kier molecular flexibility index (Phi) is 4.43. The minimum Gasteiger partial charge on any atom is -0.325 e. The Morgan fingerprint density at radius 3 is 2.60 bits per heavy atom. The molecule has 0 amide bonds. The van der Waals surface area contributed by atoms with E-state index in [9.17, 15) is 8.42 Å². The highest BCUT2D eigenvalue weighted by Gasteiger charge is 2.21. The van der Waals surface area contributed by atoms with Crippen molar-refractivity contribution in [2.45, 2.75) is 18.0 Å². The zero-order valence-electron chi connectivity index (χ0n) is 11.1. The molecule has 2 aromatic heterocycles. The lowest BCUT2D eigenvalue weighted by molar-refractivity contribution is 0.466. The Hall–Kier alpha value is -1.83. The van der Waals surface area contributed by atoms with Crippen molar-refractivity contribution in [1.29, 1.82) is 0 Å². The lowest BCUT2D eigenvalue weighted by Gasteiger charge is -2.17. The number of aromatic nitrogens is 2. The average Bonchev–Trinajstić information content (AvgIpc) is 2.48. The maximum atomic E-state index is 12.4. The van der Waals surface area contributed by atoms with Crippen LogP contribution in [0, 0.1) is 0 Å². The highest BCUT2D eigenvalue weighted by molar-refractivity contribution is 7.89. The number of hydrogen-bond acceptors (Lipinski definition) is 5. The molecular formula is C13H16N4O2S. The van der Waals surface area contributed by atoms with Crippen LogP contribution < -0.4 is 5.73 Å². The van der Waals surface area contributed by atoms with Gasteiger partial charge in [-0.3, -0.25) is 9.97 Å². The van der Waals surface area contributed by atoms with Crippen molar-refractivity contribution in [1.82, 2.24) is 14.3 Å². The lowest BCUT2D eigenvalue weighted by Crippen LogP contribution is -2.26. The molecule has 0 fully saturated rings. The van der Waals surface area contributed by atoms with Gasteiger partial charge in [0, 0.05) is 38.7 Å². The number of nitrogens with two attached hydrogens (primary N) is 1. The van der Waals surface area contributed by atoms with E-state index in [0.29, 0.717) is 5.69 Å². The zero-order valence-corrected chi connectivity index (χ0v) is 11.9. The maximum Gasteiger partial charge on any atom is 0.244 e. The van der Waals surface area contributed by atoms with Crippen molar-refractivity contribution in [3.63, 3.8) is 0 Å². The van der Waals surface area contributed by atoms with Gasteiger partial charge in [0.05, 0.1) is 5.69 Å².